The molecule has 8 heteroatoms. The average molecular weight is 443 g/mol. The Morgan fingerprint density at radius 3 is 2.48 bits per heavy atom. The topological polar surface area (TPSA) is 75.7 Å². The summed E-state index contributed by atoms with van der Waals surface area (Å²) in [7, 11) is -2.79. The van der Waals surface area contributed by atoms with E-state index in [2.05, 4.69) is 5.32 Å². The molecule has 0 bridgehead atoms. The number of para-hydroxylation sites is 2. The van der Waals surface area contributed by atoms with Gasteiger partial charge in [0.1, 0.15) is 11.6 Å². The summed E-state index contributed by atoms with van der Waals surface area (Å²) in [6.07, 6.45) is 0. The summed E-state index contributed by atoms with van der Waals surface area (Å²) in [5.74, 6) is -0.416. The summed E-state index contributed by atoms with van der Waals surface area (Å²) >= 11 is 0. The minimum absolute atomic E-state index is 0.0788. The third kappa shape index (κ3) is 5.03. The maximum atomic E-state index is 14.1. The van der Waals surface area contributed by atoms with Crippen LogP contribution in [0.5, 0.6) is 5.75 Å². The molecule has 0 radical (unpaired) electrons. The summed E-state index contributed by atoms with van der Waals surface area (Å²) in [4.78, 5) is 12.5. The molecule has 6 nitrogen and oxygen atoms in total. The van der Waals surface area contributed by atoms with E-state index in [0.717, 1.165) is 9.87 Å². The zero-order valence-electron chi connectivity index (χ0n) is 17.2. The van der Waals surface area contributed by atoms with Crippen LogP contribution in [0.2, 0.25) is 0 Å². The van der Waals surface area contributed by atoms with Gasteiger partial charge in [0.2, 0.25) is 0 Å². The molecular weight excluding hydrogens is 419 g/mol. The quantitative estimate of drug-likeness (QED) is 0.573. The molecule has 0 aliphatic heterocycles. The fraction of sp³-hybridized carbons (Fsp3) is 0.174. The fourth-order valence-electron chi connectivity index (χ4n) is 3.02. The largest absolute Gasteiger partial charge is 0.494 e. The third-order valence-electron chi connectivity index (χ3n) is 4.66. The van der Waals surface area contributed by atoms with E-state index < -0.39 is 21.7 Å². The molecule has 1 amide bonds. The Balaban J connectivity index is 1.80. The van der Waals surface area contributed by atoms with Crippen LogP contribution in [0.25, 0.3) is 0 Å². The van der Waals surface area contributed by atoms with Crippen LogP contribution >= 0.6 is 0 Å². The predicted octanol–water partition coefficient (Wildman–Crippen LogP) is 3.98. The normalized spacial score (nSPS) is 11.1. The lowest BCUT2D eigenvalue weighted by atomic mass is 10.1. The minimum atomic E-state index is -4.06. The zero-order chi connectivity index (χ0) is 22.4. The van der Waals surface area contributed by atoms with Gasteiger partial charge in [-0.2, -0.15) is 0 Å². The van der Waals surface area contributed by atoms with Gasteiger partial charge in [0, 0.05) is 24.7 Å². The fourth-order valence-corrected chi connectivity index (χ4v) is 4.27. The average Bonchev–Trinajstić information content (AvgIpc) is 2.78. The first-order valence-corrected chi connectivity index (χ1v) is 11.1. The molecule has 0 atom stereocenters. The molecule has 0 unspecified atom stereocenters. The number of carbonyl (C=O) groups excluding carboxylic acids is 1. The van der Waals surface area contributed by atoms with Gasteiger partial charge in [-0.15, -0.1) is 0 Å². The van der Waals surface area contributed by atoms with Crippen LogP contribution in [0.4, 0.5) is 10.1 Å². The minimum Gasteiger partial charge on any atom is -0.494 e. The van der Waals surface area contributed by atoms with Crippen molar-refractivity contribution in [2.24, 2.45) is 0 Å². The van der Waals surface area contributed by atoms with Gasteiger partial charge in [0.05, 0.1) is 17.2 Å². The number of rotatable bonds is 8. The number of halogens is 1. The number of nitrogens with one attached hydrogen (secondary N) is 1. The van der Waals surface area contributed by atoms with E-state index in [9.17, 15) is 17.6 Å². The van der Waals surface area contributed by atoms with Crippen molar-refractivity contribution in [3.63, 3.8) is 0 Å². The third-order valence-corrected chi connectivity index (χ3v) is 6.43. The van der Waals surface area contributed by atoms with Crippen LogP contribution < -0.4 is 14.4 Å². The van der Waals surface area contributed by atoms with Crippen LogP contribution in [-0.2, 0) is 16.6 Å². The lowest BCUT2D eigenvalue weighted by Crippen LogP contribution is -2.28. The van der Waals surface area contributed by atoms with Crippen LogP contribution in [0.3, 0.4) is 0 Å². The standard InChI is InChI=1S/C23H23FN2O4S/c1-3-30-22-14-7-4-9-18(22)16-25-23(27)17-10-8-11-19(15-17)31(28,29)26(2)21-13-6-5-12-20(21)24/h4-15H,3,16H2,1-2H3,(H,25,27). The van der Waals surface area contributed by atoms with Crippen molar-refractivity contribution >= 4 is 21.6 Å². The summed E-state index contributed by atoms with van der Waals surface area (Å²) < 4.78 is 46.4. The highest BCUT2D eigenvalue weighted by Gasteiger charge is 2.24. The summed E-state index contributed by atoms with van der Waals surface area (Å²) in [6.45, 7) is 2.60. The Morgan fingerprint density at radius 2 is 1.74 bits per heavy atom. The van der Waals surface area contributed by atoms with Crippen LogP contribution in [-0.4, -0.2) is 28.0 Å². The molecule has 0 aliphatic carbocycles. The number of amides is 1. The Labute approximate surface area is 181 Å². The molecule has 1 N–H and O–H groups in total. The van der Waals surface area contributed by atoms with Crippen molar-refractivity contribution in [3.8, 4) is 5.75 Å². The molecule has 0 spiro atoms. The second-order valence-electron chi connectivity index (χ2n) is 6.68. The highest BCUT2D eigenvalue weighted by molar-refractivity contribution is 7.92. The first-order valence-electron chi connectivity index (χ1n) is 9.67. The smallest absolute Gasteiger partial charge is 0.264 e. The second-order valence-corrected chi connectivity index (χ2v) is 8.64. The maximum Gasteiger partial charge on any atom is 0.264 e. The SMILES string of the molecule is CCOc1ccccc1CNC(=O)c1cccc(S(=O)(=O)N(C)c2ccccc2F)c1. The van der Waals surface area contributed by atoms with Gasteiger partial charge < -0.3 is 10.1 Å². The van der Waals surface area contributed by atoms with Gasteiger partial charge in [-0.05, 0) is 43.3 Å². The van der Waals surface area contributed by atoms with E-state index in [1.165, 1.54) is 49.5 Å². The van der Waals surface area contributed by atoms with Gasteiger partial charge >= 0.3 is 0 Å². The molecule has 3 rings (SSSR count). The Kier molecular flexibility index (Phi) is 6.91. The van der Waals surface area contributed by atoms with Crippen molar-refractivity contribution in [2.45, 2.75) is 18.4 Å². The first-order chi connectivity index (χ1) is 14.8. The van der Waals surface area contributed by atoms with Crippen molar-refractivity contribution in [2.75, 3.05) is 18.0 Å². The monoisotopic (exact) mass is 442 g/mol. The van der Waals surface area contributed by atoms with Gasteiger partial charge in [-0.3, -0.25) is 9.10 Å². The van der Waals surface area contributed by atoms with E-state index in [1.54, 1.807) is 6.07 Å². The Hall–Kier alpha value is -3.39. The summed E-state index contributed by atoms with van der Waals surface area (Å²) in [6, 6.07) is 18.6. The molecule has 0 aliphatic rings. The molecular formula is C23H23FN2O4S. The zero-order valence-corrected chi connectivity index (χ0v) is 18.0. The number of ether oxygens (including phenoxy) is 1. The Bertz CT molecular complexity index is 1180. The molecule has 0 heterocycles. The number of anilines is 1. The Morgan fingerprint density at radius 1 is 1.03 bits per heavy atom. The van der Waals surface area contributed by atoms with Crippen molar-refractivity contribution in [1.29, 1.82) is 0 Å². The second kappa shape index (κ2) is 9.61. The van der Waals surface area contributed by atoms with Gasteiger partial charge in [0.15, 0.2) is 0 Å². The lowest BCUT2D eigenvalue weighted by molar-refractivity contribution is 0.0950. The number of carbonyl (C=O) groups is 1. The molecule has 31 heavy (non-hydrogen) atoms. The highest BCUT2D eigenvalue weighted by atomic mass is 32.2. The molecule has 3 aromatic rings. The molecule has 162 valence electrons. The lowest BCUT2D eigenvalue weighted by Gasteiger charge is -2.20. The number of nitrogens with zero attached hydrogens (tertiary/aromatic N) is 1. The van der Waals surface area contributed by atoms with Gasteiger partial charge in [-0.25, -0.2) is 12.8 Å². The maximum absolute atomic E-state index is 14.1. The summed E-state index contributed by atoms with van der Waals surface area (Å²) in [5, 5.41) is 2.78. The van der Waals surface area contributed by atoms with Gasteiger partial charge in [-0.1, -0.05) is 36.4 Å². The van der Waals surface area contributed by atoms with Crippen molar-refractivity contribution in [3.05, 3.63) is 89.7 Å². The van der Waals surface area contributed by atoms with E-state index in [-0.39, 0.29) is 22.7 Å². The van der Waals surface area contributed by atoms with Crippen LogP contribution in [0, 0.1) is 5.82 Å². The summed E-state index contributed by atoms with van der Waals surface area (Å²) in [5.41, 5.74) is 0.905. The number of hydrogen-bond donors (Lipinski definition) is 1. The first kappa shape index (κ1) is 22.3. The molecule has 0 saturated carbocycles. The van der Waals surface area contributed by atoms with E-state index in [4.69, 9.17) is 4.74 Å². The van der Waals surface area contributed by atoms with E-state index >= 15 is 0 Å². The molecule has 0 aromatic heterocycles. The van der Waals surface area contributed by atoms with Crippen molar-refractivity contribution < 1.29 is 22.3 Å². The van der Waals surface area contributed by atoms with E-state index in [1.807, 2.05) is 31.2 Å². The number of benzene rings is 3. The number of sulfonamides is 1. The molecule has 3 aromatic carbocycles. The van der Waals surface area contributed by atoms with Crippen LogP contribution in [0.15, 0.2) is 77.7 Å². The van der Waals surface area contributed by atoms with Crippen molar-refractivity contribution in [1.82, 2.24) is 5.32 Å². The van der Waals surface area contributed by atoms with E-state index in [0.29, 0.717) is 12.4 Å². The van der Waals surface area contributed by atoms with Crippen LogP contribution in [0.1, 0.15) is 22.8 Å². The highest BCUT2D eigenvalue weighted by Crippen LogP contribution is 2.25. The van der Waals surface area contributed by atoms with Gasteiger partial charge in [0.25, 0.3) is 15.9 Å². The number of hydrogen-bond acceptors (Lipinski definition) is 4. The molecule has 0 fully saturated rings. The predicted molar refractivity (Wildman–Crippen MR) is 117 cm³/mol. The molecule has 0 saturated heterocycles.